The normalized spacial score (nSPS) is 10.7. The van der Waals surface area contributed by atoms with E-state index in [4.69, 9.17) is 9.84 Å². The monoisotopic (exact) mass is 214 g/mol. The molecular weight excluding hydrogens is 200 g/mol. The van der Waals surface area contributed by atoms with E-state index >= 15 is 0 Å². The molecule has 0 aromatic heterocycles. The van der Waals surface area contributed by atoms with Crippen molar-refractivity contribution in [1.29, 1.82) is 0 Å². The van der Waals surface area contributed by atoms with Crippen LogP contribution in [0.5, 0.6) is 0 Å². The molecule has 0 aromatic rings. The minimum absolute atomic E-state index is 0.0648. The van der Waals surface area contributed by atoms with Gasteiger partial charge in [-0.05, 0) is 13.3 Å². The molecule has 0 aromatic carbocycles. The topological polar surface area (TPSA) is 72.8 Å². The summed E-state index contributed by atoms with van der Waals surface area (Å²) in [4.78, 5) is 21.5. The minimum Gasteiger partial charge on any atom is -0.481 e. The first-order chi connectivity index (χ1) is 6.97. The second-order valence-corrected chi connectivity index (χ2v) is 2.85. The molecule has 0 heterocycles. The summed E-state index contributed by atoms with van der Waals surface area (Å²) in [5, 5.41) is 8.46. The Hall–Kier alpha value is -1.78. The number of methoxy groups -OCH3 is 1. The lowest BCUT2D eigenvalue weighted by atomic mass is 10.1. The third-order valence-corrected chi connectivity index (χ3v) is 1.46. The smallest absolute Gasteiger partial charge is 0.336 e. The number of carboxylic acids is 1. The van der Waals surface area contributed by atoms with Crippen LogP contribution in [0.4, 0.5) is 0 Å². The fourth-order valence-corrected chi connectivity index (χ4v) is 0.754. The van der Waals surface area contributed by atoms with Crippen molar-refractivity contribution in [2.75, 3.05) is 7.11 Å². The largest absolute Gasteiger partial charge is 0.481 e. The molecule has 0 fully saturated rings. The van der Waals surface area contributed by atoms with Crippen molar-refractivity contribution in [2.45, 2.75) is 19.8 Å². The average molecular weight is 214 g/mol. The van der Waals surface area contributed by atoms with Gasteiger partial charge in [0.15, 0.2) is 0 Å². The number of carboxylic acid groups (broad SMARTS) is 1. The van der Waals surface area contributed by atoms with Crippen LogP contribution in [0.25, 0.3) is 0 Å². The van der Waals surface area contributed by atoms with E-state index in [-0.39, 0.29) is 18.4 Å². The van der Waals surface area contributed by atoms with Gasteiger partial charge in [0, 0.05) is 6.42 Å². The van der Waals surface area contributed by atoms with Crippen LogP contribution in [0, 0.1) is 0 Å². The maximum atomic E-state index is 11.1. The molecule has 0 saturated carbocycles. The maximum Gasteiger partial charge on any atom is 0.336 e. The summed E-state index contributed by atoms with van der Waals surface area (Å²) in [6.45, 7) is 5.09. The Kier molecular flexibility index (Phi) is 5.85. The number of allylic oxidation sites excluding steroid dienone is 1. The molecule has 0 unspecified atom stereocenters. The van der Waals surface area contributed by atoms with Crippen molar-refractivity contribution in [1.82, 2.24) is 0 Å². The number of hydrogen-bond acceptors (Lipinski definition) is 4. The van der Waals surface area contributed by atoms with E-state index in [0.29, 0.717) is 5.76 Å². The Morgan fingerprint density at radius 2 is 2.00 bits per heavy atom. The van der Waals surface area contributed by atoms with Crippen LogP contribution in [-0.4, -0.2) is 24.2 Å². The molecular formula is C10H14O5. The molecule has 0 atom stereocenters. The van der Waals surface area contributed by atoms with Crippen LogP contribution in [0.3, 0.4) is 0 Å². The number of esters is 1. The summed E-state index contributed by atoms with van der Waals surface area (Å²) in [7, 11) is 1.22. The van der Waals surface area contributed by atoms with Gasteiger partial charge in [-0.3, -0.25) is 4.79 Å². The van der Waals surface area contributed by atoms with E-state index in [9.17, 15) is 9.59 Å². The molecule has 0 aliphatic rings. The van der Waals surface area contributed by atoms with E-state index in [2.05, 4.69) is 11.3 Å². The van der Waals surface area contributed by atoms with Crippen molar-refractivity contribution < 1.29 is 24.2 Å². The highest BCUT2D eigenvalue weighted by Gasteiger charge is 2.12. The van der Waals surface area contributed by atoms with Gasteiger partial charge in [-0.15, -0.1) is 0 Å². The lowest BCUT2D eigenvalue weighted by Gasteiger charge is -2.04. The van der Waals surface area contributed by atoms with Crippen LogP contribution in [-0.2, 0) is 19.1 Å². The van der Waals surface area contributed by atoms with Crippen LogP contribution >= 0.6 is 0 Å². The Balaban J connectivity index is 4.43. The van der Waals surface area contributed by atoms with Crippen molar-refractivity contribution in [2.24, 2.45) is 0 Å². The molecule has 0 spiro atoms. The molecule has 5 heteroatoms. The van der Waals surface area contributed by atoms with Crippen molar-refractivity contribution in [3.05, 3.63) is 24.2 Å². The lowest BCUT2D eigenvalue weighted by molar-refractivity contribution is -0.137. The summed E-state index contributed by atoms with van der Waals surface area (Å²) in [6, 6.07) is 0. The molecule has 0 amide bonds. The van der Waals surface area contributed by atoms with Crippen LogP contribution in [0.15, 0.2) is 24.2 Å². The number of ether oxygens (including phenoxy) is 2. The zero-order valence-electron chi connectivity index (χ0n) is 8.78. The quantitative estimate of drug-likeness (QED) is 0.411. The van der Waals surface area contributed by atoms with Gasteiger partial charge in [-0.25, -0.2) is 4.79 Å². The van der Waals surface area contributed by atoms with Gasteiger partial charge in [0.25, 0.3) is 0 Å². The third-order valence-electron chi connectivity index (χ3n) is 1.46. The molecule has 0 bridgehead atoms. The summed E-state index contributed by atoms with van der Waals surface area (Å²) in [5.74, 6) is -1.18. The van der Waals surface area contributed by atoms with E-state index in [1.807, 2.05) is 0 Å². The predicted octanol–water partition coefficient (Wildman–Crippen LogP) is 1.46. The van der Waals surface area contributed by atoms with Crippen LogP contribution in [0.1, 0.15) is 19.8 Å². The van der Waals surface area contributed by atoms with E-state index in [1.165, 1.54) is 7.11 Å². The Bertz CT molecular complexity index is 290. The molecule has 0 saturated heterocycles. The second-order valence-electron chi connectivity index (χ2n) is 2.85. The highest BCUT2D eigenvalue weighted by Crippen LogP contribution is 2.09. The fraction of sp³-hybridized carbons (Fsp3) is 0.400. The number of hydrogen-bond donors (Lipinski definition) is 1. The van der Waals surface area contributed by atoms with E-state index < -0.39 is 11.9 Å². The van der Waals surface area contributed by atoms with Gasteiger partial charge < -0.3 is 14.6 Å². The summed E-state index contributed by atoms with van der Waals surface area (Å²) < 4.78 is 9.38. The Labute approximate surface area is 88.0 Å². The number of rotatable bonds is 6. The Morgan fingerprint density at radius 3 is 2.40 bits per heavy atom. The van der Waals surface area contributed by atoms with Crippen molar-refractivity contribution >= 4 is 11.9 Å². The van der Waals surface area contributed by atoms with Gasteiger partial charge in [0.2, 0.25) is 0 Å². The maximum absolute atomic E-state index is 11.1. The molecule has 1 N–H and O–H groups in total. The molecule has 0 aliphatic heterocycles. The minimum atomic E-state index is -0.986. The first-order valence-electron chi connectivity index (χ1n) is 4.28. The van der Waals surface area contributed by atoms with Crippen LogP contribution in [0.2, 0.25) is 0 Å². The number of carbonyl (C=O) groups is 2. The van der Waals surface area contributed by atoms with Gasteiger partial charge in [-0.1, -0.05) is 6.58 Å². The first-order valence-corrected chi connectivity index (χ1v) is 4.28. The van der Waals surface area contributed by atoms with Crippen molar-refractivity contribution in [3.8, 4) is 0 Å². The third kappa shape index (κ3) is 6.31. The second kappa shape index (κ2) is 6.64. The van der Waals surface area contributed by atoms with Gasteiger partial charge >= 0.3 is 11.9 Å². The summed E-state index contributed by atoms with van der Waals surface area (Å²) in [6.07, 6.45) is 1.08. The highest BCUT2D eigenvalue weighted by molar-refractivity contribution is 5.88. The predicted molar refractivity (Wildman–Crippen MR) is 52.9 cm³/mol. The highest BCUT2D eigenvalue weighted by atomic mass is 16.5. The average Bonchev–Trinajstić information content (AvgIpc) is 2.16. The molecule has 5 nitrogen and oxygen atoms in total. The number of aliphatic carboxylic acids is 1. The standard InChI is InChI=1S/C10H14O5/c1-7(2)15-6-8(10(13)14-3)4-5-9(11)12/h6H,1,4-5H2,2-3H3,(H,11,12). The van der Waals surface area contributed by atoms with Gasteiger partial charge in [-0.2, -0.15) is 0 Å². The Morgan fingerprint density at radius 1 is 1.40 bits per heavy atom. The van der Waals surface area contributed by atoms with Gasteiger partial charge in [0.05, 0.1) is 18.4 Å². The van der Waals surface area contributed by atoms with E-state index in [1.54, 1.807) is 6.92 Å². The summed E-state index contributed by atoms with van der Waals surface area (Å²) >= 11 is 0. The van der Waals surface area contributed by atoms with Crippen molar-refractivity contribution in [3.63, 3.8) is 0 Å². The van der Waals surface area contributed by atoms with E-state index in [0.717, 1.165) is 6.26 Å². The lowest BCUT2D eigenvalue weighted by Crippen LogP contribution is -2.07. The molecule has 84 valence electrons. The SMILES string of the molecule is C=C(C)OC=C(CCC(=O)O)C(=O)OC. The first kappa shape index (κ1) is 13.2. The zero-order valence-corrected chi connectivity index (χ0v) is 8.78. The zero-order chi connectivity index (χ0) is 11.8. The van der Waals surface area contributed by atoms with Crippen LogP contribution < -0.4 is 0 Å². The molecule has 15 heavy (non-hydrogen) atoms. The van der Waals surface area contributed by atoms with Gasteiger partial charge in [0.1, 0.15) is 6.26 Å². The molecule has 0 aliphatic carbocycles. The number of carbonyl (C=O) groups excluding carboxylic acids is 1. The summed E-state index contributed by atoms with van der Waals surface area (Å²) in [5.41, 5.74) is 0.169. The molecule has 0 radical (unpaired) electrons. The molecule has 0 rings (SSSR count). The fourth-order valence-electron chi connectivity index (χ4n) is 0.754.